The maximum atomic E-state index is 10.1. The quantitative estimate of drug-likeness (QED) is 0.867. The second-order valence-electron chi connectivity index (χ2n) is 4.30. The van der Waals surface area contributed by atoms with E-state index in [-0.39, 0.29) is 16.2 Å². The van der Waals surface area contributed by atoms with Crippen LogP contribution in [0.2, 0.25) is 5.02 Å². The van der Waals surface area contributed by atoms with E-state index in [0.717, 1.165) is 12.8 Å². The zero-order chi connectivity index (χ0) is 12.6. The Morgan fingerprint density at radius 1 is 1.41 bits per heavy atom. The molecule has 0 spiro atoms. The molecule has 2 rings (SSSR count). The molecule has 0 saturated heterocycles. The van der Waals surface area contributed by atoms with Gasteiger partial charge in [-0.25, -0.2) is 0 Å². The molecule has 0 aromatic heterocycles. The van der Waals surface area contributed by atoms with E-state index in [1.165, 1.54) is 7.11 Å². The molecule has 0 unspecified atom stereocenters. The molecule has 4 nitrogen and oxygen atoms in total. The summed E-state index contributed by atoms with van der Waals surface area (Å²) in [5.41, 5.74) is 6.24. The molecule has 0 radical (unpaired) electrons. The van der Waals surface area contributed by atoms with Gasteiger partial charge >= 0.3 is 0 Å². The van der Waals surface area contributed by atoms with Crippen LogP contribution < -0.4 is 15.2 Å². The summed E-state index contributed by atoms with van der Waals surface area (Å²) in [6.45, 7) is 0.459. The maximum Gasteiger partial charge on any atom is 0.168 e. The fourth-order valence-corrected chi connectivity index (χ4v) is 2.35. The summed E-state index contributed by atoms with van der Waals surface area (Å²) in [5, 5.41) is 10.4. The predicted molar refractivity (Wildman–Crippen MR) is 66.2 cm³/mol. The van der Waals surface area contributed by atoms with Gasteiger partial charge in [0.2, 0.25) is 0 Å². The summed E-state index contributed by atoms with van der Waals surface area (Å²) >= 11 is 5.99. The number of hydrogen-bond acceptors (Lipinski definition) is 4. The highest BCUT2D eigenvalue weighted by Crippen LogP contribution is 2.57. The van der Waals surface area contributed by atoms with Gasteiger partial charge in [0.05, 0.1) is 19.2 Å². The molecule has 0 aliphatic heterocycles. The zero-order valence-corrected chi connectivity index (χ0v) is 10.7. The summed E-state index contributed by atoms with van der Waals surface area (Å²) in [6, 6.07) is 1.55. The van der Waals surface area contributed by atoms with Gasteiger partial charge < -0.3 is 20.3 Å². The average molecular weight is 258 g/mol. The van der Waals surface area contributed by atoms with E-state index >= 15 is 0 Å². The van der Waals surface area contributed by atoms with Crippen molar-refractivity contribution in [1.29, 1.82) is 0 Å². The third kappa shape index (κ3) is 1.81. The first-order chi connectivity index (χ1) is 8.09. The molecule has 1 aromatic carbocycles. The van der Waals surface area contributed by atoms with Gasteiger partial charge in [-0.05, 0) is 12.8 Å². The molecule has 3 N–H and O–H groups in total. The first kappa shape index (κ1) is 12.3. The van der Waals surface area contributed by atoms with Crippen molar-refractivity contribution in [3.8, 4) is 17.2 Å². The van der Waals surface area contributed by atoms with E-state index in [1.54, 1.807) is 13.2 Å². The van der Waals surface area contributed by atoms with Crippen LogP contribution in [0.4, 0.5) is 0 Å². The number of rotatable bonds is 4. The monoisotopic (exact) mass is 257 g/mol. The number of phenols is 1. The van der Waals surface area contributed by atoms with Crippen LogP contribution in [0.25, 0.3) is 0 Å². The normalized spacial score (nSPS) is 16.7. The molecule has 5 heteroatoms. The number of hydrogen-bond donors (Lipinski definition) is 2. The summed E-state index contributed by atoms with van der Waals surface area (Å²) in [7, 11) is 3.08. The van der Waals surface area contributed by atoms with Crippen molar-refractivity contribution in [3.05, 3.63) is 16.7 Å². The molecule has 94 valence electrons. The van der Waals surface area contributed by atoms with Crippen molar-refractivity contribution in [2.45, 2.75) is 18.3 Å². The Balaban J connectivity index is 2.66. The molecule has 1 saturated carbocycles. The Hall–Kier alpha value is -1.13. The fraction of sp³-hybridized carbons (Fsp3) is 0.500. The van der Waals surface area contributed by atoms with E-state index < -0.39 is 0 Å². The highest BCUT2D eigenvalue weighted by molar-refractivity contribution is 6.32. The van der Waals surface area contributed by atoms with Crippen LogP contribution in [0, 0.1) is 0 Å². The van der Waals surface area contributed by atoms with Crippen LogP contribution >= 0.6 is 11.6 Å². The van der Waals surface area contributed by atoms with E-state index in [2.05, 4.69) is 0 Å². The first-order valence-corrected chi connectivity index (χ1v) is 5.81. The lowest BCUT2D eigenvalue weighted by Gasteiger charge is -2.21. The van der Waals surface area contributed by atoms with Gasteiger partial charge in [0.15, 0.2) is 11.5 Å². The van der Waals surface area contributed by atoms with Crippen LogP contribution in [0.15, 0.2) is 6.07 Å². The second-order valence-corrected chi connectivity index (χ2v) is 4.71. The van der Waals surface area contributed by atoms with E-state index in [0.29, 0.717) is 23.6 Å². The molecular weight excluding hydrogens is 242 g/mol. The topological polar surface area (TPSA) is 64.7 Å². The number of ether oxygens (including phenoxy) is 2. The lowest BCUT2D eigenvalue weighted by molar-refractivity contribution is 0.342. The number of halogens is 1. The number of benzene rings is 1. The van der Waals surface area contributed by atoms with E-state index in [1.807, 2.05) is 0 Å². The van der Waals surface area contributed by atoms with Crippen molar-refractivity contribution in [2.24, 2.45) is 5.73 Å². The zero-order valence-electron chi connectivity index (χ0n) is 9.92. The van der Waals surface area contributed by atoms with Gasteiger partial charge in [0, 0.05) is 23.6 Å². The summed E-state index contributed by atoms with van der Waals surface area (Å²) in [5.74, 6) is 1.09. The number of methoxy groups -OCH3 is 2. The lowest BCUT2D eigenvalue weighted by atomic mass is 9.93. The Morgan fingerprint density at radius 3 is 2.47 bits per heavy atom. The Labute approximate surface area is 105 Å². The molecule has 1 aliphatic carbocycles. The van der Waals surface area contributed by atoms with Gasteiger partial charge in [-0.15, -0.1) is 0 Å². The molecule has 1 aromatic rings. The Kier molecular flexibility index (Phi) is 3.10. The molecular formula is C12H16ClNO3. The molecule has 0 bridgehead atoms. The van der Waals surface area contributed by atoms with Crippen molar-refractivity contribution in [3.63, 3.8) is 0 Å². The van der Waals surface area contributed by atoms with Crippen molar-refractivity contribution < 1.29 is 14.6 Å². The van der Waals surface area contributed by atoms with Crippen LogP contribution in [0.3, 0.4) is 0 Å². The van der Waals surface area contributed by atoms with Crippen molar-refractivity contribution in [1.82, 2.24) is 0 Å². The van der Waals surface area contributed by atoms with Crippen molar-refractivity contribution in [2.75, 3.05) is 20.8 Å². The minimum absolute atomic E-state index is 0.0484. The Bertz CT molecular complexity index is 444. The van der Waals surface area contributed by atoms with Gasteiger partial charge in [-0.2, -0.15) is 0 Å². The standard InChI is InChI=1S/C12H16ClNO3/c1-16-8-5-7(13)10(15)9(11(8)17-2)12(6-14)3-4-12/h5,15H,3-4,6,14H2,1-2H3. The minimum Gasteiger partial charge on any atom is -0.506 e. The number of phenolic OH excluding ortho intramolecular Hbond substituents is 1. The summed E-state index contributed by atoms with van der Waals surface area (Å²) in [6.07, 6.45) is 1.85. The first-order valence-electron chi connectivity index (χ1n) is 5.43. The van der Waals surface area contributed by atoms with Crippen LogP contribution in [0.5, 0.6) is 17.2 Å². The van der Waals surface area contributed by atoms with Crippen LogP contribution in [0.1, 0.15) is 18.4 Å². The SMILES string of the molecule is COc1cc(Cl)c(O)c(C2(CN)CC2)c1OC. The highest BCUT2D eigenvalue weighted by Gasteiger charge is 2.48. The largest absolute Gasteiger partial charge is 0.506 e. The number of nitrogens with two attached hydrogens (primary N) is 1. The predicted octanol–water partition coefficient (Wildman–Crippen LogP) is 2.05. The van der Waals surface area contributed by atoms with Gasteiger partial charge in [0.25, 0.3) is 0 Å². The molecule has 1 aliphatic rings. The second kappa shape index (κ2) is 4.27. The van der Waals surface area contributed by atoms with Gasteiger partial charge in [-0.1, -0.05) is 11.6 Å². The highest BCUT2D eigenvalue weighted by atomic mass is 35.5. The molecule has 0 heterocycles. The van der Waals surface area contributed by atoms with Gasteiger partial charge in [0.1, 0.15) is 5.75 Å². The van der Waals surface area contributed by atoms with Crippen molar-refractivity contribution >= 4 is 11.6 Å². The third-order valence-electron chi connectivity index (χ3n) is 3.37. The summed E-state index contributed by atoms with van der Waals surface area (Å²) in [4.78, 5) is 0. The lowest BCUT2D eigenvalue weighted by Crippen LogP contribution is -2.21. The van der Waals surface area contributed by atoms with Crippen LogP contribution in [-0.4, -0.2) is 25.9 Å². The smallest absolute Gasteiger partial charge is 0.168 e. The average Bonchev–Trinajstić information content (AvgIpc) is 3.12. The summed E-state index contributed by atoms with van der Waals surface area (Å²) < 4.78 is 10.6. The fourth-order valence-electron chi connectivity index (χ4n) is 2.15. The van der Waals surface area contributed by atoms with E-state index in [4.69, 9.17) is 26.8 Å². The number of aromatic hydroxyl groups is 1. The third-order valence-corrected chi connectivity index (χ3v) is 3.66. The van der Waals surface area contributed by atoms with Gasteiger partial charge in [-0.3, -0.25) is 0 Å². The molecule has 0 amide bonds. The molecule has 1 fully saturated rings. The minimum atomic E-state index is -0.215. The van der Waals surface area contributed by atoms with E-state index in [9.17, 15) is 5.11 Å². The van der Waals surface area contributed by atoms with Crippen LogP contribution in [-0.2, 0) is 5.41 Å². The molecule has 17 heavy (non-hydrogen) atoms. The maximum absolute atomic E-state index is 10.1. The molecule has 0 atom stereocenters. The Morgan fingerprint density at radius 2 is 2.06 bits per heavy atom.